The summed E-state index contributed by atoms with van der Waals surface area (Å²) in [5, 5.41) is 2.79. The molecule has 0 radical (unpaired) electrons. The van der Waals surface area contributed by atoms with Gasteiger partial charge in [0.05, 0.1) is 5.69 Å². The van der Waals surface area contributed by atoms with E-state index in [1.54, 1.807) is 12.1 Å². The number of anilines is 2. The van der Waals surface area contributed by atoms with E-state index in [4.69, 9.17) is 11.6 Å². The Bertz CT molecular complexity index is 900. The van der Waals surface area contributed by atoms with Crippen molar-refractivity contribution < 1.29 is 17.6 Å². The van der Waals surface area contributed by atoms with Crippen LogP contribution >= 0.6 is 11.6 Å². The van der Waals surface area contributed by atoms with Crippen LogP contribution in [-0.4, -0.2) is 14.3 Å². The summed E-state index contributed by atoms with van der Waals surface area (Å²) >= 11 is 5.73. The average Bonchev–Trinajstić information content (AvgIpc) is 2.48. The van der Waals surface area contributed by atoms with Crippen LogP contribution in [0.4, 0.5) is 15.8 Å². The normalized spacial score (nSPS) is 14.1. The molecule has 0 bridgehead atoms. The Hall–Kier alpha value is -2.12. The van der Waals surface area contributed by atoms with Gasteiger partial charge in [0.25, 0.3) is 10.0 Å². The standard InChI is InChI=1S/C15H12ClFN2O3S/c16-10-3-5-12(17)14(7-10)23(21,22)19-11-4-1-9-2-6-15(20)18-13(9)8-11/h1,3-5,7-8,19H,2,6H2,(H,18,20). The molecule has 5 nitrogen and oxygen atoms in total. The monoisotopic (exact) mass is 354 g/mol. The Morgan fingerprint density at radius 2 is 1.91 bits per heavy atom. The molecule has 1 aliphatic heterocycles. The van der Waals surface area contributed by atoms with Crippen LogP contribution in [0.3, 0.4) is 0 Å². The fourth-order valence-electron chi connectivity index (χ4n) is 2.33. The fourth-order valence-corrected chi connectivity index (χ4v) is 3.72. The molecule has 1 aliphatic rings. The minimum absolute atomic E-state index is 0.115. The van der Waals surface area contributed by atoms with Crippen molar-refractivity contribution in [2.45, 2.75) is 17.7 Å². The summed E-state index contributed by atoms with van der Waals surface area (Å²) in [6.07, 6.45) is 0.989. The molecule has 0 fully saturated rings. The number of fused-ring (bicyclic) bond motifs is 1. The van der Waals surface area contributed by atoms with Crippen molar-refractivity contribution in [3.63, 3.8) is 0 Å². The highest BCUT2D eigenvalue weighted by Crippen LogP contribution is 2.28. The van der Waals surface area contributed by atoms with Crippen LogP contribution in [0, 0.1) is 5.82 Å². The van der Waals surface area contributed by atoms with E-state index in [2.05, 4.69) is 10.0 Å². The molecule has 0 atom stereocenters. The number of aryl methyl sites for hydroxylation is 1. The van der Waals surface area contributed by atoms with Crippen molar-refractivity contribution in [1.29, 1.82) is 0 Å². The van der Waals surface area contributed by atoms with Crippen LogP contribution in [0.25, 0.3) is 0 Å². The number of rotatable bonds is 3. The third-order valence-electron chi connectivity index (χ3n) is 3.44. The number of carbonyl (C=O) groups excluding carboxylic acids is 1. The maximum Gasteiger partial charge on any atom is 0.264 e. The molecule has 0 unspecified atom stereocenters. The Labute approximate surface area is 137 Å². The molecule has 3 rings (SSSR count). The summed E-state index contributed by atoms with van der Waals surface area (Å²) in [5.41, 5.74) is 1.69. The van der Waals surface area contributed by atoms with Gasteiger partial charge >= 0.3 is 0 Å². The first-order valence-corrected chi connectivity index (χ1v) is 8.62. The quantitative estimate of drug-likeness (QED) is 0.889. The third-order valence-corrected chi connectivity index (χ3v) is 5.07. The van der Waals surface area contributed by atoms with E-state index in [9.17, 15) is 17.6 Å². The SMILES string of the molecule is O=C1CCc2ccc(NS(=O)(=O)c3cc(Cl)ccc3F)cc2N1. The van der Waals surface area contributed by atoms with Crippen molar-refractivity contribution >= 4 is 38.9 Å². The number of carbonyl (C=O) groups is 1. The number of halogens is 2. The van der Waals surface area contributed by atoms with Crippen molar-refractivity contribution in [3.05, 3.63) is 52.8 Å². The number of sulfonamides is 1. The molecular weight excluding hydrogens is 343 g/mol. The molecule has 23 heavy (non-hydrogen) atoms. The Kier molecular flexibility index (Phi) is 3.99. The predicted molar refractivity (Wildman–Crippen MR) is 85.6 cm³/mol. The van der Waals surface area contributed by atoms with Crippen LogP contribution in [0.2, 0.25) is 5.02 Å². The van der Waals surface area contributed by atoms with Crippen LogP contribution in [-0.2, 0) is 21.2 Å². The lowest BCUT2D eigenvalue weighted by Crippen LogP contribution is -2.20. The second-order valence-corrected chi connectivity index (χ2v) is 7.19. The molecule has 0 saturated carbocycles. The zero-order valence-corrected chi connectivity index (χ0v) is 13.3. The molecule has 0 aliphatic carbocycles. The molecule has 1 heterocycles. The van der Waals surface area contributed by atoms with Gasteiger partial charge in [-0.05, 0) is 42.3 Å². The molecule has 2 N–H and O–H groups in total. The van der Waals surface area contributed by atoms with Crippen molar-refractivity contribution in [3.8, 4) is 0 Å². The molecule has 2 aromatic rings. The second kappa shape index (κ2) is 5.82. The van der Waals surface area contributed by atoms with Crippen molar-refractivity contribution in [2.75, 3.05) is 10.0 Å². The summed E-state index contributed by atoms with van der Waals surface area (Å²) in [4.78, 5) is 10.9. The Morgan fingerprint density at radius 1 is 1.13 bits per heavy atom. The zero-order valence-electron chi connectivity index (χ0n) is 11.8. The largest absolute Gasteiger partial charge is 0.326 e. The van der Waals surface area contributed by atoms with Crippen LogP contribution in [0.5, 0.6) is 0 Å². The minimum atomic E-state index is -4.13. The number of amides is 1. The number of hydrogen-bond donors (Lipinski definition) is 2. The first-order chi connectivity index (χ1) is 10.8. The van der Waals surface area contributed by atoms with Crippen LogP contribution < -0.4 is 10.0 Å². The smallest absolute Gasteiger partial charge is 0.264 e. The van der Waals surface area contributed by atoms with Crippen molar-refractivity contribution in [1.82, 2.24) is 0 Å². The topological polar surface area (TPSA) is 75.3 Å². The van der Waals surface area contributed by atoms with Gasteiger partial charge in [-0.3, -0.25) is 9.52 Å². The van der Waals surface area contributed by atoms with Crippen LogP contribution in [0.1, 0.15) is 12.0 Å². The van der Waals surface area contributed by atoms with Gasteiger partial charge in [0.1, 0.15) is 10.7 Å². The molecule has 0 saturated heterocycles. The highest BCUT2D eigenvalue weighted by molar-refractivity contribution is 7.92. The van der Waals surface area contributed by atoms with E-state index in [1.165, 1.54) is 12.1 Å². The molecule has 8 heteroatoms. The van der Waals surface area contributed by atoms with E-state index >= 15 is 0 Å². The summed E-state index contributed by atoms with van der Waals surface area (Å²) < 4.78 is 40.7. The van der Waals surface area contributed by atoms with Gasteiger partial charge in [-0.1, -0.05) is 17.7 Å². The van der Waals surface area contributed by atoms with E-state index in [1.807, 2.05) is 0 Å². The van der Waals surface area contributed by atoms with Gasteiger partial charge in [0.15, 0.2) is 0 Å². The highest BCUT2D eigenvalue weighted by atomic mass is 35.5. The molecule has 120 valence electrons. The van der Waals surface area contributed by atoms with E-state index in [-0.39, 0.29) is 16.6 Å². The molecule has 0 aromatic heterocycles. The molecule has 1 amide bonds. The molecule has 0 spiro atoms. The summed E-state index contributed by atoms with van der Waals surface area (Å²) in [7, 11) is -4.13. The highest BCUT2D eigenvalue weighted by Gasteiger charge is 2.21. The van der Waals surface area contributed by atoms with E-state index in [0.717, 1.165) is 17.7 Å². The summed E-state index contributed by atoms with van der Waals surface area (Å²) in [5.74, 6) is -1.02. The molecule has 2 aromatic carbocycles. The lowest BCUT2D eigenvalue weighted by atomic mass is 10.0. The predicted octanol–water partition coefficient (Wildman–Crippen LogP) is 3.16. The van der Waals surface area contributed by atoms with Gasteiger partial charge in [-0.2, -0.15) is 0 Å². The van der Waals surface area contributed by atoms with Gasteiger partial charge in [-0.15, -0.1) is 0 Å². The van der Waals surface area contributed by atoms with E-state index in [0.29, 0.717) is 18.5 Å². The Balaban J connectivity index is 1.93. The zero-order chi connectivity index (χ0) is 16.6. The second-order valence-electron chi connectivity index (χ2n) is 5.10. The number of hydrogen-bond acceptors (Lipinski definition) is 3. The lowest BCUT2D eigenvalue weighted by Gasteiger charge is -2.18. The third kappa shape index (κ3) is 3.30. The lowest BCUT2D eigenvalue weighted by molar-refractivity contribution is -0.116. The maximum atomic E-state index is 13.8. The van der Waals surface area contributed by atoms with Gasteiger partial charge in [0, 0.05) is 17.1 Å². The first-order valence-electron chi connectivity index (χ1n) is 6.76. The van der Waals surface area contributed by atoms with E-state index < -0.39 is 20.7 Å². The van der Waals surface area contributed by atoms with Gasteiger partial charge in [0.2, 0.25) is 5.91 Å². The molecular formula is C15H12ClFN2O3S. The van der Waals surface area contributed by atoms with Crippen LogP contribution in [0.15, 0.2) is 41.3 Å². The van der Waals surface area contributed by atoms with Gasteiger partial charge < -0.3 is 5.32 Å². The van der Waals surface area contributed by atoms with Crippen molar-refractivity contribution in [2.24, 2.45) is 0 Å². The maximum absolute atomic E-state index is 13.8. The number of benzene rings is 2. The Morgan fingerprint density at radius 3 is 2.70 bits per heavy atom. The minimum Gasteiger partial charge on any atom is -0.326 e. The summed E-state index contributed by atoms with van der Waals surface area (Å²) in [6, 6.07) is 8.09. The average molecular weight is 355 g/mol. The number of nitrogens with one attached hydrogen (secondary N) is 2. The summed E-state index contributed by atoms with van der Waals surface area (Å²) in [6.45, 7) is 0. The van der Waals surface area contributed by atoms with Gasteiger partial charge in [-0.25, -0.2) is 12.8 Å². The fraction of sp³-hybridized carbons (Fsp3) is 0.133. The first kappa shape index (κ1) is 15.8.